The van der Waals surface area contributed by atoms with Crippen molar-refractivity contribution in [2.24, 2.45) is 5.73 Å². The quantitative estimate of drug-likeness (QED) is 0.677. The fourth-order valence-corrected chi connectivity index (χ4v) is 2.55. The highest BCUT2D eigenvalue weighted by molar-refractivity contribution is 5.02. The van der Waals surface area contributed by atoms with E-state index in [0.717, 1.165) is 25.3 Å². The van der Waals surface area contributed by atoms with E-state index >= 15 is 0 Å². The first kappa shape index (κ1) is 10.1. The van der Waals surface area contributed by atoms with Crippen molar-refractivity contribution in [2.75, 3.05) is 26.2 Å². The lowest BCUT2D eigenvalue weighted by atomic mass is 10.1. The summed E-state index contributed by atoms with van der Waals surface area (Å²) in [5, 5.41) is 0. The van der Waals surface area contributed by atoms with Gasteiger partial charge in [-0.1, -0.05) is 6.58 Å². The van der Waals surface area contributed by atoms with E-state index < -0.39 is 0 Å². The lowest BCUT2D eigenvalue weighted by Crippen LogP contribution is -2.49. The summed E-state index contributed by atoms with van der Waals surface area (Å²) >= 11 is 0. The molecule has 1 saturated heterocycles. The Kier molecular flexibility index (Phi) is 3.21. The summed E-state index contributed by atoms with van der Waals surface area (Å²) in [5.41, 5.74) is 6.71. The molecular formula is C11H20N2O. The number of hydrogen-bond acceptors (Lipinski definition) is 3. The molecule has 0 amide bonds. The fraction of sp³-hybridized carbons (Fsp3) is 0.818. The van der Waals surface area contributed by atoms with Crippen LogP contribution in [0.1, 0.15) is 19.3 Å². The second-order valence-electron chi connectivity index (χ2n) is 4.33. The Bertz CT molecular complexity index is 217. The first-order valence-electron chi connectivity index (χ1n) is 5.53. The van der Waals surface area contributed by atoms with Crippen LogP contribution in [0.5, 0.6) is 0 Å². The van der Waals surface area contributed by atoms with Crippen molar-refractivity contribution in [2.45, 2.75) is 31.4 Å². The summed E-state index contributed by atoms with van der Waals surface area (Å²) in [5.74, 6) is 0. The van der Waals surface area contributed by atoms with Gasteiger partial charge in [0.05, 0.1) is 12.7 Å². The molecule has 2 unspecified atom stereocenters. The number of ether oxygens (including phenoxy) is 1. The Morgan fingerprint density at radius 1 is 1.50 bits per heavy atom. The average molecular weight is 196 g/mol. The molecule has 2 aliphatic rings. The fourth-order valence-electron chi connectivity index (χ4n) is 2.55. The van der Waals surface area contributed by atoms with Crippen molar-refractivity contribution in [3.05, 3.63) is 12.2 Å². The van der Waals surface area contributed by atoms with Gasteiger partial charge in [-0.15, -0.1) is 0 Å². The van der Waals surface area contributed by atoms with Crippen LogP contribution in [0.2, 0.25) is 0 Å². The Hall–Kier alpha value is -0.380. The average Bonchev–Trinajstić information content (AvgIpc) is 2.66. The zero-order valence-electron chi connectivity index (χ0n) is 8.74. The highest BCUT2D eigenvalue weighted by Gasteiger charge is 2.35. The van der Waals surface area contributed by atoms with Crippen LogP contribution in [-0.4, -0.2) is 43.3 Å². The minimum absolute atomic E-state index is 0.481. The molecule has 0 radical (unpaired) electrons. The third-order valence-electron chi connectivity index (χ3n) is 3.31. The minimum atomic E-state index is 0.481. The molecule has 80 valence electrons. The third kappa shape index (κ3) is 2.00. The first-order valence-corrected chi connectivity index (χ1v) is 5.53. The maximum absolute atomic E-state index is 5.74. The SMILES string of the molecule is C=C(CN)CN1CCOC2CCCC21. The van der Waals surface area contributed by atoms with Gasteiger partial charge in [0.1, 0.15) is 0 Å². The van der Waals surface area contributed by atoms with Crippen LogP contribution in [0, 0.1) is 0 Å². The molecule has 2 fully saturated rings. The summed E-state index contributed by atoms with van der Waals surface area (Å²) in [6, 6.07) is 0.632. The maximum atomic E-state index is 5.74. The van der Waals surface area contributed by atoms with E-state index in [1.54, 1.807) is 0 Å². The highest BCUT2D eigenvalue weighted by atomic mass is 16.5. The van der Waals surface area contributed by atoms with Gasteiger partial charge in [-0.3, -0.25) is 4.90 Å². The number of morpholine rings is 1. The van der Waals surface area contributed by atoms with Gasteiger partial charge in [-0.05, 0) is 24.8 Å². The molecule has 0 aromatic rings. The molecule has 1 heterocycles. The predicted molar refractivity (Wildman–Crippen MR) is 57.1 cm³/mol. The van der Waals surface area contributed by atoms with E-state index in [4.69, 9.17) is 10.5 Å². The van der Waals surface area contributed by atoms with Crippen LogP contribution in [0.15, 0.2) is 12.2 Å². The Labute approximate surface area is 85.9 Å². The van der Waals surface area contributed by atoms with Gasteiger partial charge < -0.3 is 10.5 Å². The van der Waals surface area contributed by atoms with Crippen LogP contribution >= 0.6 is 0 Å². The van der Waals surface area contributed by atoms with Crippen molar-refractivity contribution in [1.82, 2.24) is 4.90 Å². The van der Waals surface area contributed by atoms with Gasteiger partial charge in [-0.2, -0.15) is 0 Å². The summed E-state index contributed by atoms with van der Waals surface area (Å²) in [7, 11) is 0. The van der Waals surface area contributed by atoms with Crippen molar-refractivity contribution in [1.29, 1.82) is 0 Å². The molecule has 3 heteroatoms. The molecule has 2 atom stereocenters. The van der Waals surface area contributed by atoms with Crippen LogP contribution in [-0.2, 0) is 4.74 Å². The van der Waals surface area contributed by atoms with E-state index in [1.807, 2.05) is 0 Å². The summed E-state index contributed by atoms with van der Waals surface area (Å²) in [4.78, 5) is 2.50. The molecule has 1 aliphatic carbocycles. The first-order chi connectivity index (χ1) is 6.81. The molecule has 0 spiro atoms. The monoisotopic (exact) mass is 196 g/mol. The van der Waals surface area contributed by atoms with Gasteiger partial charge in [0.2, 0.25) is 0 Å². The zero-order chi connectivity index (χ0) is 9.97. The number of hydrogen-bond donors (Lipinski definition) is 1. The second-order valence-corrected chi connectivity index (χ2v) is 4.33. The molecule has 1 aliphatic heterocycles. The van der Waals surface area contributed by atoms with Crippen molar-refractivity contribution in [3.8, 4) is 0 Å². The third-order valence-corrected chi connectivity index (χ3v) is 3.31. The number of rotatable bonds is 3. The molecule has 2 rings (SSSR count). The Morgan fingerprint density at radius 2 is 2.36 bits per heavy atom. The highest BCUT2D eigenvalue weighted by Crippen LogP contribution is 2.29. The predicted octanol–water partition coefficient (Wildman–Crippen LogP) is 0.755. The normalized spacial score (nSPS) is 32.9. The van der Waals surface area contributed by atoms with Crippen molar-refractivity contribution < 1.29 is 4.74 Å². The molecule has 0 aromatic heterocycles. The molecular weight excluding hydrogens is 176 g/mol. The van der Waals surface area contributed by atoms with Gasteiger partial charge in [0.15, 0.2) is 0 Å². The standard InChI is InChI=1S/C11H20N2O/c1-9(7-12)8-13-5-6-14-11-4-2-3-10(11)13/h10-11H,1-8,12H2. The summed E-state index contributed by atoms with van der Waals surface area (Å²) < 4.78 is 5.74. The lowest BCUT2D eigenvalue weighted by molar-refractivity contribution is -0.0520. The summed E-state index contributed by atoms with van der Waals surface area (Å²) in [6.07, 6.45) is 4.30. The minimum Gasteiger partial charge on any atom is -0.375 e. The van der Waals surface area contributed by atoms with Crippen molar-refractivity contribution >= 4 is 0 Å². The second kappa shape index (κ2) is 4.43. The molecule has 1 saturated carbocycles. The Morgan fingerprint density at radius 3 is 3.14 bits per heavy atom. The molecule has 0 aromatic carbocycles. The van der Waals surface area contributed by atoms with Gasteiger partial charge in [-0.25, -0.2) is 0 Å². The lowest BCUT2D eigenvalue weighted by Gasteiger charge is -2.37. The number of fused-ring (bicyclic) bond motifs is 1. The van der Waals surface area contributed by atoms with Crippen LogP contribution in [0.25, 0.3) is 0 Å². The largest absolute Gasteiger partial charge is 0.375 e. The Balaban J connectivity index is 1.93. The molecule has 3 nitrogen and oxygen atoms in total. The van der Waals surface area contributed by atoms with Crippen molar-refractivity contribution in [3.63, 3.8) is 0 Å². The van der Waals surface area contributed by atoms with E-state index in [-0.39, 0.29) is 0 Å². The number of nitrogens with zero attached hydrogens (tertiary/aromatic N) is 1. The topological polar surface area (TPSA) is 38.5 Å². The van der Waals surface area contributed by atoms with Gasteiger partial charge >= 0.3 is 0 Å². The maximum Gasteiger partial charge on any atom is 0.0731 e. The van der Waals surface area contributed by atoms with Gasteiger partial charge in [0.25, 0.3) is 0 Å². The van der Waals surface area contributed by atoms with Crippen LogP contribution < -0.4 is 5.73 Å². The van der Waals surface area contributed by atoms with E-state index in [1.165, 1.54) is 19.3 Å². The van der Waals surface area contributed by atoms with Crippen LogP contribution in [0.3, 0.4) is 0 Å². The van der Waals surface area contributed by atoms with E-state index in [0.29, 0.717) is 18.7 Å². The van der Waals surface area contributed by atoms with Gasteiger partial charge in [0, 0.05) is 25.7 Å². The van der Waals surface area contributed by atoms with E-state index in [9.17, 15) is 0 Å². The zero-order valence-corrected chi connectivity index (χ0v) is 8.74. The molecule has 0 bridgehead atoms. The van der Waals surface area contributed by atoms with E-state index in [2.05, 4.69) is 11.5 Å². The molecule has 2 N–H and O–H groups in total. The van der Waals surface area contributed by atoms with Crippen LogP contribution in [0.4, 0.5) is 0 Å². The molecule has 14 heavy (non-hydrogen) atoms. The summed E-state index contributed by atoms with van der Waals surface area (Å²) in [6.45, 7) is 7.46. The smallest absolute Gasteiger partial charge is 0.0731 e. The number of nitrogens with two attached hydrogens (primary N) is 1.